The molecule has 12 rings (SSSR count). The van der Waals surface area contributed by atoms with Crippen molar-refractivity contribution in [1.29, 1.82) is 0 Å². The van der Waals surface area contributed by atoms with Gasteiger partial charge in [-0.05, 0) is 111 Å². The van der Waals surface area contributed by atoms with E-state index >= 15 is 0 Å². The minimum Gasteiger partial charge on any atom is -0.309 e. The van der Waals surface area contributed by atoms with Crippen LogP contribution in [0.4, 0.5) is 0 Å². The molecule has 58 heavy (non-hydrogen) atoms. The predicted octanol–water partition coefficient (Wildman–Crippen LogP) is 14.0. The van der Waals surface area contributed by atoms with Gasteiger partial charge in [-0.2, -0.15) is 0 Å². The summed E-state index contributed by atoms with van der Waals surface area (Å²) in [6.07, 6.45) is 0. The van der Waals surface area contributed by atoms with Gasteiger partial charge in [0.2, 0.25) is 0 Å². The van der Waals surface area contributed by atoms with Gasteiger partial charge in [0.15, 0.2) is 0 Å². The molecule has 0 aliphatic carbocycles. The number of benzene rings is 9. The van der Waals surface area contributed by atoms with Crippen molar-refractivity contribution >= 4 is 59.8 Å². The number of nitrogens with zero attached hydrogens (tertiary/aromatic N) is 2. The quantitative estimate of drug-likeness (QED) is 0.162. The molecule has 0 spiro atoms. The molecule has 3 aromatic heterocycles. The second kappa shape index (κ2) is 12.6. The summed E-state index contributed by atoms with van der Waals surface area (Å²) in [4.78, 5) is 14.3. The lowest BCUT2D eigenvalue weighted by Crippen LogP contribution is -2.12. The highest BCUT2D eigenvalue weighted by Crippen LogP contribution is 2.40. The van der Waals surface area contributed by atoms with Gasteiger partial charge in [0.05, 0.1) is 22.1 Å². The van der Waals surface area contributed by atoms with Gasteiger partial charge in [-0.3, -0.25) is 9.20 Å². The van der Waals surface area contributed by atoms with Gasteiger partial charge in [0.25, 0.3) is 5.56 Å². The number of para-hydroxylation sites is 1. The molecule has 0 bridgehead atoms. The Hall–Kier alpha value is -7.75. The maximum absolute atomic E-state index is 14.3. The Labute approximate surface area is 334 Å². The van der Waals surface area contributed by atoms with Crippen molar-refractivity contribution in [3.8, 4) is 50.2 Å². The zero-order valence-corrected chi connectivity index (χ0v) is 31.4. The van der Waals surface area contributed by atoms with Crippen LogP contribution in [-0.4, -0.2) is 8.97 Å². The van der Waals surface area contributed by atoms with Crippen LogP contribution in [0.15, 0.2) is 211 Å². The molecule has 0 fully saturated rings. The second-order valence-electron chi connectivity index (χ2n) is 15.3. The lowest BCUT2D eigenvalue weighted by atomic mass is 9.98. The molecule has 0 saturated carbocycles. The van der Waals surface area contributed by atoms with Crippen LogP contribution in [0.5, 0.6) is 0 Å². The average Bonchev–Trinajstić information content (AvgIpc) is 3.81. The monoisotopic (exact) mass is 738 g/mol. The molecule has 9 aromatic carbocycles. The number of aromatic nitrogens is 2. The van der Waals surface area contributed by atoms with Crippen molar-refractivity contribution in [2.45, 2.75) is 0 Å². The van der Waals surface area contributed by atoms with Crippen LogP contribution in [0, 0.1) is 0 Å². The van der Waals surface area contributed by atoms with Crippen LogP contribution in [0.25, 0.3) is 110 Å². The molecule has 3 heteroatoms. The molecule has 0 unspecified atom stereocenters. The molecule has 12 aromatic rings. The van der Waals surface area contributed by atoms with E-state index in [-0.39, 0.29) is 5.56 Å². The largest absolute Gasteiger partial charge is 0.309 e. The van der Waals surface area contributed by atoms with E-state index < -0.39 is 0 Å². The summed E-state index contributed by atoms with van der Waals surface area (Å²) in [6.45, 7) is 0. The minimum absolute atomic E-state index is 0.0141. The lowest BCUT2D eigenvalue weighted by Gasteiger charge is -2.11. The van der Waals surface area contributed by atoms with E-state index in [1.165, 1.54) is 33.0 Å². The molecule has 0 aliphatic rings. The van der Waals surface area contributed by atoms with Crippen LogP contribution < -0.4 is 5.56 Å². The molecule has 0 aliphatic heterocycles. The highest BCUT2D eigenvalue weighted by atomic mass is 16.1. The SMILES string of the molecule is O=c1c2ccc(-c3ccccc3)cc2c2cccc3c4cc(-c5cccc(-n6c7ccc(-c8ccccc8)cc7c7cc(-c8ccccc8)ccc76)c5)ccc4n1c23. The van der Waals surface area contributed by atoms with Crippen molar-refractivity contribution in [1.82, 2.24) is 8.97 Å². The first-order valence-electron chi connectivity index (χ1n) is 19.8. The van der Waals surface area contributed by atoms with Crippen LogP contribution in [-0.2, 0) is 0 Å². The highest BCUT2D eigenvalue weighted by molar-refractivity contribution is 6.21. The standard InChI is InChI=1S/C55H34N2O/c58-55-46-26-22-39(35-12-4-1-5-13-35)31-47(46)44-20-11-21-45-48-34-42(25-29-53(48)57(55)54(44)45)38-18-10-19-43(30-38)56-51-27-23-40(36-14-6-2-7-15-36)32-49(51)50-33-41(24-28-52(50)56)37-16-8-3-9-17-37/h1-34H. The molecule has 0 N–H and O–H groups in total. The van der Waals surface area contributed by atoms with Crippen molar-refractivity contribution in [3.63, 3.8) is 0 Å². The molecule has 270 valence electrons. The first kappa shape index (κ1) is 32.5. The summed E-state index contributed by atoms with van der Waals surface area (Å²) < 4.78 is 4.33. The summed E-state index contributed by atoms with van der Waals surface area (Å²) in [5.41, 5.74) is 14.6. The summed E-state index contributed by atoms with van der Waals surface area (Å²) in [7, 11) is 0. The molecule has 0 atom stereocenters. The second-order valence-corrected chi connectivity index (χ2v) is 15.3. The zero-order valence-electron chi connectivity index (χ0n) is 31.4. The van der Waals surface area contributed by atoms with Gasteiger partial charge < -0.3 is 4.57 Å². The van der Waals surface area contributed by atoms with Crippen LogP contribution in [0.3, 0.4) is 0 Å². The topological polar surface area (TPSA) is 26.4 Å². The maximum Gasteiger partial charge on any atom is 0.263 e. The van der Waals surface area contributed by atoms with Gasteiger partial charge in [0, 0.05) is 38.0 Å². The van der Waals surface area contributed by atoms with Gasteiger partial charge >= 0.3 is 0 Å². The third-order valence-corrected chi connectivity index (χ3v) is 12.1. The zero-order chi connectivity index (χ0) is 38.3. The van der Waals surface area contributed by atoms with E-state index in [0.717, 1.165) is 76.9 Å². The molecule has 0 saturated heterocycles. The molecule has 3 heterocycles. The van der Waals surface area contributed by atoms with E-state index in [4.69, 9.17) is 0 Å². The molecular formula is C55H34N2O. The normalized spacial score (nSPS) is 11.9. The van der Waals surface area contributed by atoms with E-state index in [0.29, 0.717) is 0 Å². The Balaban J connectivity index is 1.03. The van der Waals surface area contributed by atoms with Gasteiger partial charge in [0.1, 0.15) is 0 Å². The third kappa shape index (κ3) is 4.90. The van der Waals surface area contributed by atoms with Crippen molar-refractivity contribution in [2.24, 2.45) is 0 Å². The maximum atomic E-state index is 14.3. The Morgan fingerprint density at radius 2 is 0.690 bits per heavy atom. The fraction of sp³-hybridized carbons (Fsp3) is 0. The number of hydrogen-bond acceptors (Lipinski definition) is 1. The summed E-state index contributed by atoms with van der Waals surface area (Å²) >= 11 is 0. The lowest BCUT2D eigenvalue weighted by molar-refractivity contribution is 1.18. The fourth-order valence-electron chi connectivity index (χ4n) is 9.31. The molecule has 3 nitrogen and oxygen atoms in total. The van der Waals surface area contributed by atoms with Crippen molar-refractivity contribution in [3.05, 3.63) is 217 Å². The van der Waals surface area contributed by atoms with E-state index in [1.807, 2.05) is 16.5 Å². The van der Waals surface area contributed by atoms with Gasteiger partial charge in [-0.25, -0.2) is 0 Å². The number of pyridine rings is 1. The van der Waals surface area contributed by atoms with Crippen LogP contribution in [0.2, 0.25) is 0 Å². The number of hydrogen-bond donors (Lipinski definition) is 0. The Kier molecular flexibility index (Phi) is 7.08. The van der Waals surface area contributed by atoms with Crippen LogP contribution in [0.1, 0.15) is 0 Å². The fourth-order valence-corrected chi connectivity index (χ4v) is 9.31. The number of fused-ring (bicyclic) bond motifs is 8. The molecular weight excluding hydrogens is 705 g/mol. The smallest absolute Gasteiger partial charge is 0.263 e. The van der Waals surface area contributed by atoms with Crippen LogP contribution >= 0.6 is 0 Å². The molecule has 0 amide bonds. The number of rotatable bonds is 5. The summed E-state index contributed by atoms with van der Waals surface area (Å²) in [6, 6.07) is 73.4. The third-order valence-electron chi connectivity index (χ3n) is 12.1. The molecule has 0 radical (unpaired) electrons. The average molecular weight is 739 g/mol. The minimum atomic E-state index is 0.0141. The summed E-state index contributed by atoms with van der Waals surface area (Å²) in [5.74, 6) is 0. The Morgan fingerprint density at radius 3 is 1.26 bits per heavy atom. The summed E-state index contributed by atoms with van der Waals surface area (Å²) in [5, 5.41) is 7.39. The van der Waals surface area contributed by atoms with E-state index in [9.17, 15) is 4.79 Å². The first-order chi connectivity index (χ1) is 28.7. The van der Waals surface area contributed by atoms with Gasteiger partial charge in [-0.15, -0.1) is 0 Å². The predicted molar refractivity (Wildman–Crippen MR) is 243 cm³/mol. The van der Waals surface area contributed by atoms with E-state index in [2.05, 4.69) is 199 Å². The van der Waals surface area contributed by atoms with E-state index in [1.54, 1.807) is 0 Å². The Bertz CT molecular complexity index is 3520. The first-order valence-corrected chi connectivity index (χ1v) is 19.8. The van der Waals surface area contributed by atoms with Gasteiger partial charge in [-0.1, -0.05) is 146 Å². The van der Waals surface area contributed by atoms with Crippen molar-refractivity contribution < 1.29 is 0 Å². The van der Waals surface area contributed by atoms with Crippen molar-refractivity contribution in [2.75, 3.05) is 0 Å². The Morgan fingerprint density at radius 1 is 0.276 bits per heavy atom. The highest BCUT2D eigenvalue weighted by Gasteiger charge is 2.19.